The molecule has 2 aromatic carbocycles. The van der Waals surface area contributed by atoms with Crippen LogP contribution in [0.3, 0.4) is 0 Å². The average molecular weight is 587 g/mol. The van der Waals surface area contributed by atoms with Crippen LogP contribution in [-0.2, 0) is 24.1 Å². The van der Waals surface area contributed by atoms with E-state index in [1.165, 1.54) is 25.1 Å². The summed E-state index contributed by atoms with van der Waals surface area (Å²) in [6.07, 6.45) is 6.65. The molecule has 2 N–H and O–H groups in total. The minimum absolute atomic E-state index is 0.157. The van der Waals surface area contributed by atoms with Crippen LogP contribution in [0.15, 0.2) is 86.8 Å². The van der Waals surface area contributed by atoms with Crippen LogP contribution in [0.1, 0.15) is 11.1 Å². The van der Waals surface area contributed by atoms with Gasteiger partial charge >= 0.3 is 0 Å². The standard InChI is InChI=1S/C26H27ClN6O4S2/c1-5-8-23(25(27)28-2)39(34)30-14-18-13-29-33(16-18)15-17-11-20(36-4)24-21(12-17)37-31-26(24)32-38-22-10-7-6-9-19(22)35-3/h5-13,16,30H,1,14-15H2,2-4H3,(H,31,32)/b23-8+,28-25?. The van der Waals surface area contributed by atoms with Crippen LogP contribution in [0.5, 0.6) is 11.5 Å². The highest BCUT2D eigenvalue weighted by Crippen LogP contribution is 2.37. The lowest BCUT2D eigenvalue weighted by Gasteiger charge is -2.09. The number of benzene rings is 2. The van der Waals surface area contributed by atoms with Crippen molar-refractivity contribution in [2.24, 2.45) is 4.99 Å². The predicted molar refractivity (Wildman–Crippen MR) is 157 cm³/mol. The Morgan fingerprint density at radius 3 is 2.79 bits per heavy atom. The zero-order valence-corrected chi connectivity index (χ0v) is 23.9. The fraction of sp³-hybridized carbons (Fsp3) is 0.192. The molecule has 4 aromatic rings. The first-order chi connectivity index (χ1) is 19.0. The maximum Gasteiger partial charge on any atom is 0.191 e. The molecule has 204 valence electrons. The van der Waals surface area contributed by atoms with Crippen LogP contribution in [0.25, 0.3) is 11.0 Å². The molecule has 4 rings (SSSR count). The van der Waals surface area contributed by atoms with Gasteiger partial charge in [0.25, 0.3) is 0 Å². The number of methoxy groups -OCH3 is 2. The van der Waals surface area contributed by atoms with Crippen LogP contribution in [0.4, 0.5) is 5.82 Å². The fourth-order valence-electron chi connectivity index (χ4n) is 3.64. The molecule has 10 nitrogen and oxygen atoms in total. The summed E-state index contributed by atoms with van der Waals surface area (Å²) in [6.45, 7) is 4.41. The maximum atomic E-state index is 12.6. The SMILES string of the molecule is C=C/C=C(\C(Cl)=NC)S(=O)NCc1cnn(Cc2cc(OC)c3c(NSc4ccccc4OC)noc3c2)c1. The van der Waals surface area contributed by atoms with Crippen molar-refractivity contribution >= 4 is 56.5 Å². The number of halogens is 1. The number of allylic oxidation sites excluding steroid dienone is 3. The molecule has 0 aliphatic rings. The third-order valence-electron chi connectivity index (χ3n) is 5.45. The summed E-state index contributed by atoms with van der Waals surface area (Å²) in [5, 5.41) is 9.51. The number of fused-ring (bicyclic) bond motifs is 1. The molecule has 0 aliphatic heterocycles. The lowest BCUT2D eigenvalue weighted by Crippen LogP contribution is -2.20. The van der Waals surface area contributed by atoms with Gasteiger partial charge in [0.2, 0.25) is 0 Å². The van der Waals surface area contributed by atoms with E-state index in [9.17, 15) is 4.21 Å². The van der Waals surface area contributed by atoms with Gasteiger partial charge in [-0.15, -0.1) is 0 Å². The van der Waals surface area contributed by atoms with Gasteiger partial charge in [-0.05, 0) is 47.9 Å². The Morgan fingerprint density at radius 2 is 2.05 bits per heavy atom. The first-order valence-electron chi connectivity index (χ1n) is 11.6. The topological polar surface area (TPSA) is 116 Å². The van der Waals surface area contributed by atoms with Crippen molar-refractivity contribution in [3.8, 4) is 11.5 Å². The Labute approximate surface area is 237 Å². The van der Waals surface area contributed by atoms with Gasteiger partial charge in [-0.25, -0.2) is 8.93 Å². The Hall–Kier alpha value is -3.58. The Bertz CT molecular complexity index is 1550. The van der Waals surface area contributed by atoms with Crippen molar-refractivity contribution < 1.29 is 18.2 Å². The zero-order chi connectivity index (χ0) is 27.8. The smallest absolute Gasteiger partial charge is 0.191 e. The Balaban J connectivity index is 1.45. The van der Waals surface area contributed by atoms with Gasteiger partial charge < -0.3 is 18.7 Å². The first-order valence-corrected chi connectivity index (χ1v) is 14.0. The molecule has 2 aromatic heterocycles. The third kappa shape index (κ3) is 6.90. The van der Waals surface area contributed by atoms with Gasteiger partial charge in [0.05, 0.1) is 36.8 Å². The monoisotopic (exact) mass is 586 g/mol. The summed E-state index contributed by atoms with van der Waals surface area (Å²) in [5.41, 5.74) is 2.33. The van der Waals surface area contributed by atoms with Crippen LogP contribution in [0.2, 0.25) is 0 Å². The Kier molecular flexibility index (Phi) is 9.82. The molecule has 0 fully saturated rings. The lowest BCUT2D eigenvalue weighted by atomic mass is 10.1. The quantitative estimate of drug-likeness (QED) is 0.123. The number of para-hydroxylation sites is 1. The summed E-state index contributed by atoms with van der Waals surface area (Å²) >= 11 is 7.43. The highest BCUT2D eigenvalue weighted by molar-refractivity contribution is 8.00. The van der Waals surface area contributed by atoms with Crippen LogP contribution in [0, 0.1) is 0 Å². The lowest BCUT2D eigenvalue weighted by molar-refractivity contribution is 0.405. The average Bonchev–Trinajstić information content (AvgIpc) is 3.59. The molecule has 0 bridgehead atoms. The van der Waals surface area contributed by atoms with Gasteiger partial charge in [0.1, 0.15) is 33.0 Å². The van der Waals surface area contributed by atoms with Gasteiger partial charge in [0.15, 0.2) is 11.4 Å². The second-order valence-corrected chi connectivity index (χ2v) is 10.4. The number of anilines is 1. The molecule has 0 radical (unpaired) electrons. The summed E-state index contributed by atoms with van der Waals surface area (Å²) < 4.78 is 37.2. The van der Waals surface area contributed by atoms with Crippen LogP contribution in [-0.4, -0.2) is 45.6 Å². The second-order valence-electron chi connectivity index (χ2n) is 7.97. The van der Waals surface area contributed by atoms with E-state index in [0.717, 1.165) is 27.2 Å². The van der Waals surface area contributed by atoms with Gasteiger partial charge in [-0.3, -0.25) is 9.67 Å². The molecule has 39 heavy (non-hydrogen) atoms. The first kappa shape index (κ1) is 28.4. The minimum Gasteiger partial charge on any atom is -0.496 e. The van der Waals surface area contributed by atoms with E-state index in [-0.39, 0.29) is 5.17 Å². The van der Waals surface area contributed by atoms with Crippen molar-refractivity contribution in [1.82, 2.24) is 19.7 Å². The second kappa shape index (κ2) is 13.5. The molecule has 0 saturated carbocycles. The largest absolute Gasteiger partial charge is 0.496 e. The number of nitrogens with one attached hydrogen (secondary N) is 2. The number of ether oxygens (including phenoxy) is 2. The number of rotatable bonds is 13. The van der Waals surface area contributed by atoms with Crippen LogP contribution >= 0.6 is 23.5 Å². The van der Waals surface area contributed by atoms with E-state index in [1.54, 1.807) is 31.2 Å². The van der Waals surface area contributed by atoms with E-state index >= 15 is 0 Å². The number of aliphatic imine (C=N–C) groups is 1. The molecule has 0 saturated heterocycles. The molecule has 1 unspecified atom stereocenters. The van der Waals surface area contributed by atoms with E-state index in [4.69, 9.17) is 25.6 Å². The van der Waals surface area contributed by atoms with E-state index in [0.29, 0.717) is 35.1 Å². The molecule has 13 heteroatoms. The molecular weight excluding hydrogens is 560 g/mol. The number of nitrogens with zero attached hydrogens (tertiary/aromatic N) is 4. The Morgan fingerprint density at radius 1 is 1.26 bits per heavy atom. The summed E-state index contributed by atoms with van der Waals surface area (Å²) in [7, 11) is 3.20. The van der Waals surface area contributed by atoms with Crippen molar-refractivity contribution in [2.75, 3.05) is 26.0 Å². The van der Waals surface area contributed by atoms with Crippen LogP contribution < -0.4 is 18.9 Å². The van der Waals surface area contributed by atoms with Gasteiger partial charge in [-0.2, -0.15) is 5.10 Å². The number of hydrogen-bond donors (Lipinski definition) is 2. The van der Waals surface area contributed by atoms with Crippen molar-refractivity contribution in [1.29, 1.82) is 0 Å². The molecule has 0 spiro atoms. The third-order valence-corrected chi connectivity index (χ3v) is 7.92. The van der Waals surface area contributed by atoms with Crippen molar-refractivity contribution in [2.45, 2.75) is 18.0 Å². The molecule has 0 amide bonds. The predicted octanol–water partition coefficient (Wildman–Crippen LogP) is 5.30. The summed E-state index contributed by atoms with van der Waals surface area (Å²) in [4.78, 5) is 5.15. The molecule has 0 aliphatic carbocycles. The van der Waals surface area contributed by atoms with E-state index in [1.807, 2.05) is 42.6 Å². The summed E-state index contributed by atoms with van der Waals surface area (Å²) in [5.74, 6) is 1.92. The van der Waals surface area contributed by atoms with Crippen molar-refractivity contribution in [3.63, 3.8) is 0 Å². The maximum absolute atomic E-state index is 12.6. The van der Waals surface area contributed by atoms with Gasteiger partial charge in [-0.1, -0.05) is 41.5 Å². The molecule has 1 atom stereocenters. The summed E-state index contributed by atoms with van der Waals surface area (Å²) in [6, 6.07) is 11.5. The van der Waals surface area contributed by atoms with E-state index in [2.05, 4.69) is 31.3 Å². The van der Waals surface area contributed by atoms with Gasteiger partial charge in [0, 0.05) is 25.4 Å². The van der Waals surface area contributed by atoms with Crippen molar-refractivity contribution in [3.05, 3.63) is 83.6 Å². The highest BCUT2D eigenvalue weighted by atomic mass is 35.5. The number of aromatic nitrogens is 3. The fourth-order valence-corrected chi connectivity index (χ4v) is 5.58. The normalized spacial score (nSPS) is 12.9. The van der Waals surface area contributed by atoms with E-state index < -0.39 is 11.0 Å². The molecule has 2 heterocycles. The number of hydrogen-bond acceptors (Lipinski definition) is 9. The minimum atomic E-state index is -1.56. The highest BCUT2D eigenvalue weighted by Gasteiger charge is 2.17. The zero-order valence-electron chi connectivity index (χ0n) is 21.5. The molecular formula is C26H27ClN6O4S2.